The highest BCUT2D eigenvalue weighted by atomic mass is 35.5. The summed E-state index contributed by atoms with van der Waals surface area (Å²) in [6.07, 6.45) is 0. The molecular weight excluding hydrogens is 444 g/mol. The van der Waals surface area contributed by atoms with Crippen LogP contribution in [0.1, 0.15) is 10.4 Å². The minimum absolute atomic E-state index is 0.0496. The number of nitrogens with zero attached hydrogens (tertiary/aromatic N) is 3. The number of carbonyl (C=O) groups is 1. The van der Waals surface area contributed by atoms with E-state index in [2.05, 4.69) is 5.32 Å². The number of nitrogens with one attached hydrogen (secondary N) is 1. The van der Waals surface area contributed by atoms with E-state index >= 15 is 0 Å². The zero-order chi connectivity index (χ0) is 22.5. The maximum Gasteiger partial charge on any atom is 0.271 e. The number of piperazine rings is 1. The lowest BCUT2D eigenvalue weighted by Gasteiger charge is -2.37. The highest BCUT2D eigenvalue weighted by Gasteiger charge is 2.23. The summed E-state index contributed by atoms with van der Waals surface area (Å²) >= 11 is 11.6. The molecule has 164 valence electrons. The summed E-state index contributed by atoms with van der Waals surface area (Å²) in [5, 5.41) is 14.3. The average Bonchev–Trinajstić information content (AvgIpc) is 2.78. The van der Waals surface area contributed by atoms with Crippen LogP contribution in [0, 0.1) is 10.1 Å². The van der Waals surface area contributed by atoms with Crippen molar-refractivity contribution in [1.82, 2.24) is 10.2 Å². The molecule has 1 amide bonds. The Bertz CT molecular complexity index is 1010. The van der Waals surface area contributed by atoms with Crippen LogP contribution in [0.15, 0.2) is 36.4 Å². The molecule has 1 saturated heterocycles. The number of methoxy groups -OCH3 is 2. The molecule has 1 aliphatic heterocycles. The van der Waals surface area contributed by atoms with E-state index in [1.165, 1.54) is 26.4 Å². The molecule has 0 aliphatic carbocycles. The van der Waals surface area contributed by atoms with Crippen molar-refractivity contribution in [3.63, 3.8) is 0 Å². The van der Waals surface area contributed by atoms with Crippen molar-refractivity contribution in [2.24, 2.45) is 0 Å². The molecule has 1 heterocycles. The zero-order valence-electron chi connectivity index (χ0n) is 17.0. The predicted molar refractivity (Wildman–Crippen MR) is 122 cm³/mol. The van der Waals surface area contributed by atoms with Gasteiger partial charge in [-0.3, -0.25) is 20.2 Å². The van der Waals surface area contributed by atoms with E-state index in [1.54, 1.807) is 24.3 Å². The Morgan fingerprint density at radius 2 is 1.77 bits per heavy atom. The van der Waals surface area contributed by atoms with E-state index in [0.717, 1.165) is 5.69 Å². The van der Waals surface area contributed by atoms with Crippen molar-refractivity contribution in [3.8, 4) is 11.5 Å². The highest BCUT2D eigenvalue weighted by molar-refractivity contribution is 7.80. The SMILES string of the molecule is COc1ccc(C(=O)NC(=S)N2CCN(c3ccc([N+](=O)[O-])cc3Cl)CC2)cc1OC. The predicted octanol–water partition coefficient (Wildman–Crippen LogP) is 3.10. The number of hydrogen-bond acceptors (Lipinski definition) is 7. The molecule has 0 radical (unpaired) electrons. The number of thiocarbonyl (C=S) groups is 1. The number of carbonyl (C=O) groups excluding carboxylic acids is 1. The molecule has 1 aliphatic rings. The summed E-state index contributed by atoms with van der Waals surface area (Å²) in [5.74, 6) is 0.643. The highest BCUT2D eigenvalue weighted by Crippen LogP contribution is 2.30. The first-order valence-electron chi connectivity index (χ1n) is 9.35. The van der Waals surface area contributed by atoms with Crippen molar-refractivity contribution in [2.75, 3.05) is 45.3 Å². The Labute approximate surface area is 189 Å². The molecule has 0 unspecified atom stereocenters. The van der Waals surface area contributed by atoms with Crippen LogP contribution in [-0.4, -0.2) is 61.2 Å². The summed E-state index contributed by atoms with van der Waals surface area (Å²) in [5.41, 5.74) is 1.08. The van der Waals surface area contributed by atoms with Gasteiger partial charge in [0.05, 0.1) is 29.9 Å². The molecule has 1 fully saturated rings. The van der Waals surface area contributed by atoms with Crippen molar-refractivity contribution >= 4 is 46.2 Å². The number of nitro benzene ring substituents is 1. The van der Waals surface area contributed by atoms with Crippen molar-refractivity contribution < 1.29 is 19.2 Å². The van der Waals surface area contributed by atoms with Crippen LogP contribution in [-0.2, 0) is 0 Å². The second kappa shape index (κ2) is 9.80. The van der Waals surface area contributed by atoms with E-state index < -0.39 is 4.92 Å². The molecule has 31 heavy (non-hydrogen) atoms. The first kappa shape index (κ1) is 22.6. The van der Waals surface area contributed by atoms with Gasteiger partial charge in [-0.25, -0.2) is 0 Å². The van der Waals surface area contributed by atoms with Crippen molar-refractivity contribution in [3.05, 3.63) is 57.1 Å². The van der Waals surface area contributed by atoms with Gasteiger partial charge in [0.15, 0.2) is 16.6 Å². The molecule has 2 aromatic carbocycles. The topological polar surface area (TPSA) is 97.2 Å². The number of non-ortho nitro benzene ring substituents is 1. The summed E-state index contributed by atoms with van der Waals surface area (Å²) in [6.45, 7) is 2.34. The van der Waals surface area contributed by atoms with Gasteiger partial charge in [-0.15, -0.1) is 0 Å². The van der Waals surface area contributed by atoms with Gasteiger partial charge in [0, 0.05) is 43.9 Å². The minimum Gasteiger partial charge on any atom is -0.493 e. The van der Waals surface area contributed by atoms with E-state index in [-0.39, 0.29) is 11.6 Å². The summed E-state index contributed by atoms with van der Waals surface area (Å²) in [4.78, 5) is 26.9. The first-order chi connectivity index (χ1) is 14.8. The van der Waals surface area contributed by atoms with Crippen LogP contribution in [0.25, 0.3) is 0 Å². The lowest BCUT2D eigenvalue weighted by atomic mass is 10.2. The van der Waals surface area contributed by atoms with E-state index in [1.807, 2.05) is 9.80 Å². The average molecular weight is 465 g/mol. The maximum absolute atomic E-state index is 12.6. The molecule has 3 rings (SSSR count). The standard InChI is InChI=1S/C20H21ClN4O5S/c1-29-17-6-3-13(11-18(17)30-2)19(26)22-20(31)24-9-7-23(8-10-24)16-5-4-14(25(27)28)12-15(16)21/h3-6,11-12H,7-10H2,1-2H3,(H,22,26,31). The number of rotatable bonds is 5. The number of benzene rings is 2. The largest absolute Gasteiger partial charge is 0.493 e. The number of anilines is 1. The summed E-state index contributed by atoms with van der Waals surface area (Å²) < 4.78 is 10.4. The lowest BCUT2D eigenvalue weighted by molar-refractivity contribution is -0.384. The molecule has 0 spiro atoms. The molecular formula is C20H21ClN4O5S. The number of nitro groups is 1. The van der Waals surface area contributed by atoms with Gasteiger partial charge in [0.1, 0.15) is 0 Å². The molecule has 0 aromatic heterocycles. The van der Waals surface area contributed by atoms with Crippen LogP contribution in [0.3, 0.4) is 0 Å². The van der Waals surface area contributed by atoms with E-state index in [9.17, 15) is 14.9 Å². The number of amides is 1. The van der Waals surface area contributed by atoms with E-state index in [0.29, 0.717) is 53.4 Å². The summed E-state index contributed by atoms with van der Waals surface area (Å²) in [6, 6.07) is 9.30. The molecule has 0 saturated carbocycles. The van der Waals surface area contributed by atoms with Gasteiger partial charge in [-0.1, -0.05) is 11.6 Å². The van der Waals surface area contributed by atoms with Crippen LogP contribution < -0.4 is 19.7 Å². The molecule has 1 N–H and O–H groups in total. The summed E-state index contributed by atoms with van der Waals surface area (Å²) in [7, 11) is 3.02. The van der Waals surface area contributed by atoms with Crippen LogP contribution in [0.5, 0.6) is 11.5 Å². The second-order valence-corrected chi connectivity index (χ2v) is 7.49. The molecule has 0 bridgehead atoms. The quantitative estimate of drug-likeness (QED) is 0.409. The smallest absolute Gasteiger partial charge is 0.271 e. The fourth-order valence-corrected chi connectivity index (χ4v) is 3.81. The first-order valence-corrected chi connectivity index (χ1v) is 10.1. The third-order valence-electron chi connectivity index (χ3n) is 4.92. The van der Waals surface area contributed by atoms with Gasteiger partial charge >= 0.3 is 0 Å². The van der Waals surface area contributed by atoms with Crippen LogP contribution in [0.4, 0.5) is 11.4 Å². The van der Waals surface area contributed by atoms with Gasteiger partial charge in [0.25, 0.3) is 11.6 Å². The second-order valence-electron chi connectivity index (χ2n) is 6.70. The fraction of sp³-hybridized carbons (Fsp3) is 0.300. The maximum atomic E-state index is 12.6. The Balaban J connectivity index is 1.59. The molecule has 11 heteroatoms. The van der Waals surface area contributed by atoms with Gasteiger partial charge in [0.2, 0.25) is 0 Å². The number of ether oxygens (including phenoxy) is 2. The Hall–Kier alpha value is -3.11. The number of hydrogen-bond donors (Lipinski definition) is 1. The Kier molecular flexibility index (Phi) is 7.13. The minimum atomic E-state index is -0.479. The van der Waals surface area contributed by atoms with Gasteiger partial charge < -0.3 is 19.3 Å². The normalized spacial score (nSPS) is 13.5. The zero-order valence-corrected chi connectivity index (χ0v) is 18.5. The van der Waals surface area contributed by atoms with Gasteiger partial charge in [-0.05, 0) is 36.5 Å². The molecule has 9 nitrogen and oxygen atoms in total. The Morgan fingerprint density at radius 1 is 1.10 bits per heavy atom. The monoisotopic (exact) mass is 464 g/mol. The Morgan fingerprint density at radius 3 is 2.35 bits per heavy atom. The number of halogens is 1. The van der Waals surface area contributed by atoms with Gasteiger partial charge in [-0.2, -0.15) is 0 Å². The third-order valence-corrected chi connectivity index (χ3v) is 5.58. The molecule has 2 aromatic rings. The van der Waals surface area contributed by atoms with E-state index in [4.69, 9.17) is 33.3 Å². The van der Waals surface area contributed by atoms with Crippen molar-refractivity contribution in [2.45, 2.75) is 0 Å². The van der Waals surface area contributed by atoms with Crippen molar-refractivity contribution in [1.29, 1.82) is 0 Å². The third kappa shape index (κ3) is 5.15. The fourth-order valence-electron chi connectivity index (χ4n) is 3.24. The lowest BCUT2D eigenvalue weighted by Crippen LogP contribution is -2.52. The van der Waals surface area contributed by atoms with Crippen LogP contribution >= 0.6 is 23.8 Å². The van der Waals surface area contributed by atoms with Crippen LogP contribution in [0.2, 0.25) is 5.02 Å². The molecule has 0 atom stereocenters.